The zero-order chi connectivity index (χ0) is 20.9. The number of thioether (sulfide) groups is 1. The largest absolute Gasteiger partial charge is 0.300 e. The van der Waals surface area contributed by atoms with Crippen LogP contribution in [0.3, 0.4) is 0 Å². The van der Waals surface area contributed by atoms with Crippen molar-refractivity contribution < 1.29 is 9.18 Å². The van der Waals surface area contributed by atoms with Crippen LogP contribution in [-0.4, -0.2) is 36.6 Å². The van der Waals surface area contributed by atoms with E-state index in [-0.39, 0.29) is 17.5 Å². The number of carbonyl (C=O) groups is 1. The van der Waals surface area contributed by atoms with Gasteiger partial charge in [-0.05, 0) is 24.6 Å². The predicted octanol–water partition coefficient (Wildman–Crippen LogP) is 4.22. The number of aryl methyl sites for hydroxylation is 1. The standard InChI is InChI=1S/C20H17FN6OS2/c1-2-17-23-25-19(30-17)22-16(28)12-29-20-26-24-18(13-7-4-3-5-8-13)27(20)15-10-6-9-14(21)11-15/h3-11H,2,12H2,1H3,(H,22,25,28). The molecule has 0 saturated carbocycles. The van der Waals surface area contributed by atoms with Crippen LogP contribution in [0.15, 0.2) is 59.8 Å². The van der Waals surface area contributed by atoms with Crippen molar-refractivity contribution in [3.8, 4) is 17.1 Å². The minimum Gasteiger partial charge on any atom is -0.300 e. The van der Waals surface area contributed by atoms with Crippen molar-refractivity contribution >= 4 is 34.1 Å². The fraction of sp³-hybridized carbons (Fsp3) is 0.150. The molecule has 1 N–H and O–H groups in total. The summed E-state index contributed by atoms with van der Waals surface area (Å²) in [5.41, 5.74) is 1.42. The molecule has 2 aromatic carbocycles. The summed E-state index contributed by atoms with van der Waals surface area (Å²) in [4.78, 5) is 12.4. The highest BCUT2D eigenvalue weighted by atomic mass is 32.2. The van der Waals surface area contributed by atoms with Crippen LogP contribution < -0.4 is 5.32 Å². The lowest BCUT2D eigenvalue weighted by atomic mass is 10.2. The highest BCUT2D eigenvalue weighted by Gasteiger charge is 2.18. The van der Waals surface area contributed by atoms with Crippen LogP contribution in [0, 0.1) is 5.82 Å². The van der Waals surface area contributed by atoms with E-state index in [2.05, 4.69) is 25.7 Å². The first-order valence-corrected chi connectivity index (χ1v) is 11.0. The van der Waals surface area contributed by atoms with Gasteiger partial charge in [-0.15, -0.1) is 20.4 Å². The Morgan fingerprint density at radius 3 is 2.67 bits per heavy atom. The molecule has 2 aromatic heterocycles. The lowest BCUT2D eigenvalue weighted by Gasteiger charge is -2.10. The highest BCUT2D eigenvalue weighted by molar-refractivity contribution is 7.99. The molecule has 4 aromatic rings. The molecule has 0 fully saturated rings. The third-order valence-electron chi connectivity index (χ3n) is 4.08. The molecule has 0 aliphatic heterocycles. The molecule has 10 heteroatoms. The number of amides is 1. The smallest absolute Gasteiger partial charge is 0.236 e. The van der Waals surface area contributed by atoms with E-state index in [4.69, 9.17) is 0 Å². The molecule has 0 aliphatic carbocycles. The van der Waals surface area contributed by atoms with E-state index in [0.29, 0.717) is 21.8 Å². The van der Waals surface area contributed by atoms with Crippen LogP contribution in [-0.2, 0) is 11.2 Å². The van der Waals surface area contributed by atoms with E-state index in [0.717, 1.165) is 17.0 Å². The second-order valence-corrected chi connectivity index (χ2v) is 8.18. The number of hydrogen-bond acceptors (Lipinski definition) is 7. The van der Waals surface area contributed by atoms with Crippen LogP contribution in [0.25, 0.3) is 17.1 Å². The maximum atomic E-state index is 13.9. The minimum atomic E-state index is -0.364. The number of benzene rings is 2. The SMILES string of the molecule is CCc1nnc(NC(=O)CSc2nnc(-c3ccccc3)n2-c2cccc(F)c2)s1. The summed E-state index contributed by atoms with van der Waals surface area (Å²) in [6.45, 7) is 1.98. The van der Waals surface area contributed by atoms with Crippen molar-refractivity contribution in [1.82, 2.24) is 25.0 Å². The number of rotatable bonds is 7. The Balaban J connectivity index is 1.58. The number of nitrogens with one attached hydrogen (secondary N) is 1. The first-order valence-electron chi connectivity index (χ1n) is 9.16. The molecule has 152 valence electrons. The van der Waals surface area contributed by atoms with E-state index in [1.165, 1.54) is 35.2 Å². The van der Waals surface area contributed by atoms with Gasteiger partial charge in [0.1, 0.15) is 10.8 Å². The average molecular weight is 441 g/mol. The molecule has 1 amide bonds. The summed E-state index contributed by atoms with van der Waals surface area (Å²) in [6.07, 6.45) is 0.765. The fourth-order valence-corrected chi connectivity index (χ4v) is 4.17. The zero-order valence-corrected chi connectivity index (χ0v) is 17.6. The first-order chi connectivity index (χ1) is 14.6. The van der Waals surface area contributed by atoms with Crippen molar-refractivity contribution in [3.63, 3.8) is 0 Å². The summed E-state index contributed by atoms with van der Waals surface area (Å²) < 4.78 is 15.6. The van der Waals surface area contributed by atoms with E-state index in [9.17, 15) is 9.18 Å². The van der Waals surface area contributed by atoms with E-state index in [1.54, 1.807) is 16.7 Å². The van der Waals surface area contributed by atoms with Crippen molar-refractivity contribution in [3.05, 3.63) is 65.4 Å². The second-order valence-electron chi connectivity index (χ2n) is 6.18. The third-order valence-corrected chi connectivity index (χ3v) is 5.99. The van der Waals surface area contributed by atoms with Gasteiger partial charge in [0.2, 0.25) is 11.0 Å². The molecule has 0 aliphatic rings. The summed E-state index contributed by atoms with van der Waals surface area (Å²) in [7, 11) is 0. The lowest BCUT2D eigenvalue weighted by Crippen LogP contribution is -2.14. The molecule has 2 heterocycles. The normalized spacial score (nSPS) is 10.9. The quantitative estimate of drug-likeness (QED) is 0.433. The van der Waals surface area contributed by atoms with Gasteiger partial charge >= 0.3 is 0 Å². The molecule has 0 radical (unpaired) electrons. The van der Waals surface area contributed by atoms with Crippen LogP contribution in [0.1, 0.15) is 11.9 Å². The number of nitrogens with zero attached hydrogens (tertiary/aromatic N) is 5. The highest BCUT2D eigenvalue weighted by Crippen LogP contribution is 2.28. The number of hydrogen-bond donors (Lipinski definition) is 1. The molecular formula is C20H17FN6OS2. The van der Waals surface area contributed by atoms with Gasteiger partial charge < -0.3 is 0 Å². The Bertz CT molecular complexity index is 1160. The molecule has 0 unspecified atom stereocenters. The Kier molecular flexibility index (Phi) is 6.15. The van der Waals surface area contributed by atoms with Crippen molar-refractivity contribution in [2.75, 3.05) is 11.1 Å². The van der Waals surface area contributed by atoms with Gasteiger partial charge in [-0.2, -0.15) is 0 Å². The van der Waals surface area contributed by atoms with Crippen LogP contribution >= 0.6 is 23.1 Å². The molecular weight excluding hydrogens is 423 g/mol. The van der Waals surface area contributed by atoms with Gasteiger partial charge in [-0.3, -0.25) is 14.7 Å². The van der Waals surface area contributed by atoms with Crippen LogP contribution in [0.5, 0.6) is 0 Å². The monoisotopic (exact) mass is 440 g/mol. The maximum absolute atomic E-state index is 13.9. The Morgan fingerprint density at radius 1 is 1.10 bits per heavy atom. The van der Waals surface area contributed by atoms with Crippen molar-refractivity contribution in [2.24, 2.45) is 0 Å². The second kappa shape index (κ2) is 9.14. The van der Waals surface area contributed by atoms with Gasteiger partial charge in [0, 0.05) is 5.56 Å². The molecule has 7 nitrogen and oxygen atoms in total. The van der Waals surface area contributed by atoms with E-state index < -0.39 is 0 Å². The molecule has 4 rings (SSSR count). The Labute approximate surface area is 180 Å². The molecule has 0 bridgehead atoms. The summed E-state index contributed by atoms with van der Waals surface area (Å²) in [5, 5.41) is 21.0. The van der Waals surface area contributed by atoms with Crippen LogP contribution in [0.2, 0.25) is 0 Å². The van der Waals surface area contributed by atoms with E-state index in [1.807, 2.05) is 37.3 Å². The summed E-state index contributed by atoms with van der Waals surface area (Å²) >= 11 is 2.56. The van der Waals surface area contributed by atoms with E-state index >= 15 is 0 Å². The number of aromatic nitrogens is 5. The maximum Gasteiger partial charge on any atom is 0.236 e. The molecule has 0 atom stereocenters. The predicted molar refractivity (Wildman–Crippen MR) is 115 cm³/mol. The number of anilines is 1. The third kappa shape index (κ3) is 4.55. The van der Waals surface area contributed by atoms with Gasteiger partial charge in [0.15, 0.2) is 11.0 Å². The molecule has 30 heavy (non-hydrogen) atoms. The molecule has 0 saturated heterocycles. The van der Waals surface area contributed by atoms with Crippen molar-refractivity contribution in [1.29, 1.82) is 0 Å². The average Bonchev–Trinajstić information content (AvgIpc) is 3.39. The Morgan fingerprint density at radius 2 is 1.93 bits per heavy atom. The topological polar surface area (TPSA) is 85.6 Å². The van der Waals surface area contributed by atoms with Gasteiger partial charge in [-0.25, -0.2) is 4.39 Å². The first kappa shape index (κ1) is 20.2. The number of halogens is 1. The van der Waals surface area contributed by atoms with Gasteiger partial charge in [0.25, 0.3) is 0 Å². The van der Waals surface area contributed by atoms with Gasteiger partial charge in [-0.1, -0.05) is 66.4 Å². The fourth-order valence-electron chi connectivity index (χ4n) is 2.72. The zero-order valence-electron chi connectivity index (χ0n) is 15.9. The summed E-state index contributed by atoms with van der Waals surface area (Å²) in [5.74, 6) is 0.0788. The summed E-state index contributed by atoms with van der Waals surface area (Å²) in [6, 6.07) is 15.7. The molecule has 0 spiro atoms. The van der Waals surface area contributed by atoms with Gasteiger partial charge in [0.05, 0.1) is 11.4 Å². The van der Waals surface area contributed by atoms with Crippen LogP contribution in [0.4, 0.5) is 9.52 Å². The van der Waals surface area contributed by atoms with Crippen molar-refractivity contribution in [2.45, 2.75) is 18.5 Å². The number of carbonyl (C=O) groups excluding carboxylic acids is 1. The Hall–Kier alpha value is -3.11. The lowest BCUT2D eigenvalue weighted by molar-refractivity contribution is -0.113. The minimum absolute atomic E-state index is 0.100.